The molecule has 0 aliphatic rings. The summed E-state index contributed by atoms with van der Waals surface area (Å²) in [5.74, 6) is -0.352. The third-order valence-corrected chi connectivity index (χ3v) is 6.93. The lowest BCUT2D eigenvalue weighted by Gasteiger charge is -2.31. The summed E-state index contributed by atoms with van der Waals surface area (Å²) in [4.78, 5) is 27.9. The van der Waals surface area contributed by atoms with Gasteiger partial charge in [-0.3, -0.25) is 13.9 Å². The highest BCUT2D eigenvalue weighted by Gasteiger charge is 2.29. The molecular formula is C27H39N3O4S. The number of hydrogen-bond donors (Lipinski definition) is 1. The number of amides is 2. The van der Waals surface area contributed by atoms with Crippen LogP contribution in [0.4, 0.5) is 5.69 Å². The lowest BCUT2D eigenvalue weighted by Crippen LogP contribution is -2.50. The third-order valence-electron chi connectivity index (χ3n) is 5.73. The minimum atomic E-state index is -3.51. The van der Waals surface area contributed by atoms with Gasteiger partial charge in [-0.05, 0) is 63.8 Å². The maximum atomic E-state index is 13.4. The standard InChI is InChI=1S/C27H39N3O4S/c1-7-25(27(32)28-20(2)3)29(19-23-15-13-21(4)14-16-23)26(31)12-9-17-30(35(6,33)34)24-11-8-10-22(5)18-24/h8,10-11,13-16,18,20,25H,7,9,12,17,19H2,1-6H3,(H,28,32)/t25-/m1/s1. The molecule has 35 heavy (non-hydrogen) atoms. The van der Waals surface area contributed by atoms with E-state index in [4.69, 9.17) is 0 Å². The van der Waals surface area contributed by atoms with Crippen LogP contribution in [0.15, 0.2) is 48.5 Å². The molecule has 0 fully saturated rings. The number of nitrogens with zero attached hydrogens (tertiary/aromatic N) is 2. The minimum Gasteiger partial charge on any atom is -0.352 e. The van der Waals surface area contributed by atoms with E-state index in [2.05, 4.69) is 5.32 Å². The van der Waals surface area contributed by atoms with Gasteiger partial charge in [-0.15, -0.1) is 0 Å². The summed E-state index contributed by atoms with van der Waals surface area (Å²) in [6, 6.07) is 14.5. The molecule has 0 aromatic heterocycles. The first-order chi connectivity index (χ1) is 16.4. The monoisotopic (exact) mass is 501 g/mol. The first kappa shape index (κ1) is 28.4. The number of benzene rings is 2. The maximum absolute atomic E-state index is 13.4. The van der Waals surface area contributed by atoms with Crippen LogP contribution in [-0.4, -0.2) is 50.0 Å². The van der Waals surface area contributed by atoms with E-state index >= 15 is 0 Å². The van der Waals surface area contributed by atoms with E-state index in [1.165, 1.54) is 10.6 Å². The van der Waals surface area contributed by atoms with Crippen LogP contribution in [0.3, 0.4) is 0 Å². The topological polar surface area (TPSA) is 86.8 Å². The molecule has 0 unspecified atom stereocenters. The van der Waals surface area contributed by atoms with Crippen LogP contribution in [0.2, 0.25) is 0 Å². The van der Waals surface area contributed by atoms with Crippen LogP contribution in [0.25, 0.3) is 0 Å². The molecule has 0 spiro atoms. The highest BCUT2D eigenvalue weighted by atomic mass is 32.2. The van der Waals surface area contributed by atoms with Gasteiger partial charge in [0.2, 0.25) is 21.8 Å². The molecular weight excluding hydrogens is 462 g/mol. The Morgan fingerprint density at radius 3 is 2.20 bits per heavy atom. The van der Waals surface area contributed by atoms with Crippen molar-refractivity contribution in [3.63, 3.8) is 0 Å². The highest BCUT2D eigenvalue weighted by Crippen LogP contribution is 2.21. The van der Waals surface area contributed by atoms with Crippen molar-refractivity contribution in [3.05, 3.63) is 65.2 Å². The molecule has 2 aromatic carbocycles. The van der Waals surface area contributed by atoms with Crippen molar-refractivity contribution in [1.82, 2.24) is 10.2 Å². The minimum absolute atomic E-state index is 0.0366. The van der Waals surface area contributed by atoms with Crippen molar-refractivity contribution in [1.29, 1.82) is 0 Å². The van der Waals surface area contributed by atoms with Gasteiger partial charge >= 0.3 is 0 Å². The van der Waals surface area contributed by atoms with Gasteiger partial charge in [-0.25, -0.2) is 8.42 Å². The smallest absolute Gasteiger partial charge is 0.243 e. The molecule has 1 atom stereocenters. The van der Waals surface area contributed by atoms with Gasteiger partial charge in [-0.1, -0.05) is 48.9 Å². The molecule has 0 bridgehead atoms. The highest BCUT2D eigenvalue weighted by molar-refractivity contribution is 7.92. The maximum Gasteiger partial charge on any atom is 0.243 e. The number of aryl methyl sites for hydroxylation is 2. The summed E-state index contributed by atoms with van der Waals surface area (Å²) in [6.07, 6.45) is 2.13. The van der Waals surface area contributed by atoms with Crippen LogP contribution in [0, 0.1) is 13.8 Å². The van der Waals surface area contributed by atoms with E-state index in [1.807, 2.05) is 77.1 Å². The summed E-state index contributed by atoms with van der Waals surface area (Å²) < 4.78 is 26.2. The lowest BCUT2D eigenvalue weighted by atomic mass is 10.1. The number of nitrogens with one attached hydrogen (secondary N) is 1. The van der Waals surface area contributed by atoms with Crippen LogP contribution < -0.4 is 9.62 Å². The lowest BCUT2D eigenvalue weighted by molar-refractivity contribution is -0.141. The van der Waals surface area contributed by atoms with Gasteiger partial charge in [0.05, 0.1) is 11.9 Å². The Hall–Kier alpha value is -2.87. The number of sulfonamides is 1. The number of carbonyl (C=O) groups is 2. The average Bonchev–Trinajstić information content (AvgIpc) is 2.76. The molecule has 2 rings (SSSR count). The van der Waals surface area contributed by atoms with Crippen molar-refractivity contribution in [2.24, 2.45) is 0 Å². The Kier molecular flexibility index (Phi) is 10.3. The van der Waals surface area contributed by atoms with E-state index in [1.54, 1.807) is 11.0 Å². The number of carbonyl (C=O) groups excluding carboxylic acids is 2. The van der Waals surface area contributed by atoms with Gasteiger partial charge in [0.1, 0.15) is 6.04 Å². The fourth-order valence-electron chi connectivity index (χ4n) is 3.98. The SMILES string of the molecule is CC[C@H](C(=O)NC(C)C)N(Cc1ccc(C)cc1)C(=O)CCCN(c1cccc(C)c1)S(C)(=O)=O. The fourth-order valence-corrected chi connectivity index (χ4v) is 4.93. The quantitative estimate of drug-likeness (QED) is 0.473. The second-order valence-corrected chi connectivity index (χ2v) is 11.3. The largest absolute Gasteiger partial charge is 0.352 e. The average molecular weight is 502 g/mol. The van der Waals surface area contributed by atoms with Gasteiger partial charge in [-0.2, -0.15) is 0 Å². The second-order valence-electron chi connectivity index (χ2n) is 9.37. The van der Waals surface area contributed by atoms with E-state index in [0.717, 1.165) is 16.7 Å². The zero-order chi connectivity index (χ0) is 26.2. The van der Waals surface area contributed by atoms with Crippen molar-refractivity contribution in [2.45, 2.75) is 72.5 Å². The number of hydrogen-bond acceptors (Lipinski definition) is 4. The fraction of sp³-hybridized carbons (Fsp3) is 0.481. The van der Waals surface area contributed by atoms with E-state index in [-0.39, 0.29) is 30.8 Å². The van der Waals surface area contributed by atoms with Gasteiger partial charge in [0.15, 0.2) is 0 Å². The van der Waals surface area contributed by atoms with Gasteiger partial charge < -0.3 is 10.2 Å². The van der Waals surface area contributed by atoms with Crippen LogP contribution in [0.5, 0.6) is 0 Å². The molecule has 0 aliphatic heterocycles. The Morgan fingerprint density at radius 1 is 1.00 bits per heavy atom. The molecule has 0 radical (unpaired) electrons. The normalized spacial score (nSPS) is 12.3. The van der Waals surface area contributed by atoms with Crippen LogP contribution in [0.1, 0.15) is 56.7 Å². The molecule has 0 heterocycles. The molecule has 2 amide bonds. The molecule has 2 aromatic rings. The molecule has 0 aliphatic carbocycles. The number of rotatable bonds is 12. The third kappa shape index (κ3) is 8.69. The Morgan fingerprint density at radius 2 is 1.66 bits per heavy atom. The van der Waals surface area contributed by atoms with Gasteiger partial charge in [0, 0.05) is 25.6 Å². The second kappa shape index (κ2) is 12.7. The summed E-state index contributed by atoms with van der Waals surface area (Å²) in [5.41, 5.74) is 3.60. The van der Waals surface area contributed by atoms with Crippen molar-refractivity contribution < 1.29 is 18.0 Å². The Bertz CT molecular complexity index is 1100. The molecule has 0 saturated carbocycles. The van der Waals surface area contributed by atoms with Crippen molar-refractivity contribution in [2.75, 3.05) is 17.1 Å². The molecule has 1 N–H and O–H groups in total. The van der Waals surface area contributed by atoms with Gasteiger partial charge in [0.25, 0.3) is 0 Å². The zero-order valence-electron chi connectivity index (χ0n) is 21.7. The summed E-state index contributed by atoms with van der Waals surface area (Å²) >= 11 is 0. The van der Waals surface area contributed by atoms with Crippen molar-refractivity contribution in [3.8, 4) is 0 Å². The first-order valence-electron chi connectivity index (χ1n) is 12.1. The molecule has 192 valence electrons. The van der Waals surface area contributed by atoms with E-state index in [0.29, 0.717) is 25.1 Å². The summed E-state index contributed by atoms with van der Waals surface area (Å²) in [6.45, 7) is 10.1. The van der Waals surface area contributed by atoms with Crippen LogP contribution in [-0.2, 0) is 26.2 Å². The molecule has 7 nitrogen and oxygen atoms in total. The Balaban J connectivity index is 2.21. The molecule has 8 heteroatoms. The number of anilines is 1. The molecule has 0 saturated heterocycles. The summed E-state index contributed by atoms with van der Waals surface area (Å²) in [7, 11) is -3.51. The summed E-state index contributed by atoms with van der Waals surface area (Å²) in [5, 5.41) is 2.92. The van der Waals surface area contributed by atoms with E-state index < -0.39 is 16.1 Å². The predicted molar refractivity (Wildman–Crippen MR) is 142 cm³/mol. The van der Waals surface area contributed by atoms with E-state index in [9.17, 15) is 18.0 Å². The van der Waals surface area contributed by atoms with Crippen molar-refractivity contribution >= 4 is 27.5 Å². The zero-order valence-corrected chi connectivity index (χ0v) is 22.6. The van der Waals surface area contributed by atoms with Crippen LogP contribution >= 0.6 is 0 Å². The Labute approximate surface area is 210 Å². The predicted octanol–water partition coefficient (Wildman–Crippen LogP) is 4.18. The first-order valence-corrected chi connectivity index (χ1v) is 14.0.